The first-order chi connectivity index (χ1) is 18.4. The largest absolute Gasteiger partial charge is 0.460 e. The highest BCUT2D eigenvalue weighted by molar-refractivity contribution is 5.99. The highest BCUT2D eigenvalue weighted by atomic mass is 16.6. The topological polar surface area (TPSA) is 125 Å². The molecule has 4 rings (SSSR count). The van der Waals surface area contributed by atoms with Crippen LogP contribution >= 0.6 is 0 Å². The van der Waals surface area contributed by atoms with Crippen molar-refractivity contribution < 1.29 is 33.8 Å². The summed E-state index contributed by atoms with van der Waals surface area (Å²) in [7, 11) is 0. The third-order valence-electron chi connectivity index (χ3n) is 8.64. The lowest BCUT2D eigenvalue weighted by Crippen LogP contribution is -2.62. The first kappa shape index (κ1) is 29.3. The van der Waals surface area contributed by atoms with E-state index in [-0.39, 0.29) is 49.8 Å². The quantitative estimate of drug-likeness (QED) is 0.406. The summed E-state index contributed by atoms with van der Waals surface area (Å²) in [6.45, 7) is 11.5. The van der Waals surface area contributed by atoms with E-state index in [4.69, 9.17) is 9.47 Å². The van der Waals surface area contributed by atoms with Gasteiger partial charge in [0.15, 0.2) is 0 Å². The standard InChI is InChI=1S/C29H43N3O7/c1-7-17(2)19(16-33)32-24-26(36)31(28(4,5)6)14-10-8-9-11-21(34)30-15-18(3)38-27(37)22-20-12-13-29(24,39-20)23(22)25(32)35/h8,10,12-13,17-20,22-24,33H,7,9,11,14-16H2,1-6H3,(H,30,34)/b10-8-/t17-,18+,19-,20-,22+,23+,24-,29+/m0/s1. The zero-order chi connectivity index (χ0) is 28.7. The van der Waals surface area contributed by atoms with Crippen molar-refractivity contribution in [1.82, 2.24) is 15.1 Å². The number of rotatable bonds is 4. The molecule has 39 heavy (non-hydrogen) atoms. The number of ether oxygens (including phenoxy) is 2. The number of carbonyl (C=O) groups is 4. The van der Waals surface area contributed by atoms with Crippen LogP contribution in [-0.4, -0.2) is 93.7 Å². The van der Waals surface area contributed by atoms with Crippen molar-refractivity contribution in [1.29, 1.82) is 0 Å². The second kappa shape index (κ2) is 11.0. The number of nitrogens with zero attached hydrogens (tertiary/aromatic N) is 2. The predicted molar refractivity (Wildman–Crippen MR) is 143 cm³/mol. The molecule has 216 valence electrons. The fourth-order valence-electron chi connectivity index (χ4n) is 6.35. The van der Waals surface area contributed by atoms with Gasteiger partial charge in [-0.15, -0.1) is 0 Å². The molecule has 1 spiro atoms. The summed E-state index contributed by atoms with van der Waals surface area (Å²) in [5.74, 6) is -3.43. The molecule has 2 N–H and O–H groups in total. The number of fused-ring (bicyclic) bond motifs is 2. The Morgan fingerprint density at radius 3 is 2.54 bits per heavy atom. The second-order valence-electron chi connectivity index (χ2n) is 12.3. The van der Waals surface area contributed by atoms with E-state index in [0.717, 1.165) is 0 Å². The van der Waals surface area contributed by atoms with Crippen LogP contribution < -0.4 is 5.32 Å². The monoisotopic (exact) mass is 545 g/mol. The molecule has 2 saturated heterocycles. The molecule has 0 aromatic rings. The maximum Gasteiger partial charge on any atom is 0.313 e. The molecule has 10 nitrogen and oxygen atoms in total. The number of amides is 3. The first-order valence-electron chi connectivity index (χ1n) is 14.1. The highest BCUT2D eigenvalue weighted by Crippen LogP contribution is 2.56. The Hall–Kier alpha value is -2.72. The van der Waals surface area contributed by atoms with E-state index in [0.29, 0.717) is 12.8 Å². The molecule has 0 unspecified atom stereocenters. The number of aliphatic hydroxyl groups is 1. The molecule has 5 bridgehead atoms. The number of hydrogen-bond donors (Lipinski definition) is 2. The number of allylic oxidation sites excluding steroid dienone is 1. The van der Waals surface area contributed by atoms with Gasteiger partial charge < -0.3 is 29.7 Å². The normalized spacial score (nSPS) is 36.0. The van der Waals surface area contributed by atoms with Crippen molar-refractivity contribution in [2.45, 2.75) is 96.2 Å². The molecule has 0 saturated carbocycles. The number of nitrogens with one attached hydrogen (secondary N) is 1. The van der Waals surface area contributed by atoms with Crippen molar-refractivity contribution in [2.75, 3.05) is 19.7 Å². The van der Waals surface area contributed by atoms with Gasteiger partial charge in [0.05, 0.1) is 31.2 Å². The van der Waals surface area contributed by atoms with E-state index < -0.39 is 53.2 Å². The summed E-state index contributed by atoms with van der Waals surface area (Å²) < 4.78 is 12.1. The van der Waals surface area contributed by atoms with E-state index in [1.807, 2.05) is 46.8 Å². The van der Waals surface area contributed by atoms with E-state index in [1.165, 1.54) is 4.90 Å². The maximum absolute atomic E-state index is 14.6. The minimum atomic E-state index is -1.35. The average molecular weight is 546 g/mol. The fraction of sp³-hybridized carbons (Fsp3) is 0.724. The van der Waals surface area contributed by atoms with Crippen molar-refractivity contribution in [3.8, 4) is 0 Å². The van der Waals surface area contributed by atoms with Crippen molar-refractivity contribution in [2.24, 2.45) is 17.8 Å². The van der Waals surface area contributed by atoms with Gasteiger partial charge >= 0.3 is 5.97 Å². The summed E-state index contributed by atoms with van der Waals surface area (Å²) >= 11 is 0. The minimum absolute atomic E-state index is 0.0967. The van der Waals surface area contributed by atoms with Gasteiger partial charge in [-0.2, -0.15) is 0 Å². The maximum atomic E-state index is 14.6. The molecular formula is C29H43N3O7. The summed E-state index contributed by atoms with van der Waals surface area (Å²) in [4.78, 5) is 57.8. The molecule has 4 heterocycles. The zero-order valence-corrected chi connectivity index (χ0v) is 23.9. The summed E-state index contributed by atoms with van der Waals surface area (Å²) in [6.07, 6.45) is 7.38. The molecule has 8 atom stereocenters. The van der Waals surface area contributed by atoms with Gasteiger partial charge in [0.25, 0.3) is 0 Å². The highest BCUT2D eigenvalue weighted by Gasteiger charge is 2.74. The predicted octanol–water partition coefficient (Wildman–Crippen LogP) is 1.57. The number of likely N-dealkylation sites (tertiary alicyclic amines) is 1. The Labute approximate surface area is 230 Å². The van der Waals surface area contributed by atoms with Crippen LogP contribution in [0.3, 0.4) is 0 Å². The smallest absolute Gasteiger partial charge is 0.313 e. The van der Waals surface area contributed by atoms with E-state index in [2.05, 4.69) is 5.32 Å². The lowest BCUT2D eigenvalue weighted by molar-refractivity contribution is -0.160. The molecule has 2 fully saturated rings. The average Bonchev–Trinajstić information content (AvgIpc) is 3.51. The summed E-state index contributed by atoms with van der Waals surface area (Å²) in [5, 5.41) is 13.3. The lowest BCUT2D eigenvalue weighted by Gasteiger charge is -2.44. The molecule has 10 heteroatoms. The Morgan fingerprint density at radius 1 is 1.18 bits per heavy atom. The van der Waals surface area contributed by atoms with Gasteiger partial charge in [-0.25, -0.2) is 0 Å². The van der Waals surface area contributed by atoms with Crippen LogP contribution in [0.5, 0.6) is 0 Å². The van der Waals surface area contributed by atoms with Crippen molar-refractivity contribution in [3.05, 3.63) is 24.3 Å². The SMILES string of the molecule is CC[C@H](C)[C@H](CO)N1C(=O)[C@H]2[C@@H]3C(=O)O[C@H](C)CNC(=O)CC/C=C\CN(C(C)(C)C)C(=O)[C@H]1[C@@]21C=C[C@@H]3O1. The van der Waals surface area contributed by atoms with Crippen LogP contribution in [0.4, 0.5) is 0 Å². The van der Waals surface area contributed by atoms with Gasteiger partial charge in [-0.3, -0.25) is 19.2 Å². The minimum Gasteiger partial charge on any atom is -0.460 e. The fourth-order valence-corrected chi connectivity index (χ4v) is 6.35. The van der Waals surface area contributed by atoms with Crippen LogP contribution in [0.1, 0.15) is 60.8 Å². The van der Waals surface area contributed by atoms with E-state index in [1.54, 1.807) is 24.0 Å². The number of carbonyl (C=O) groups excluding carboxylic acids is 4. The van der Waals surface area contributed by atoms with Crippen LogP contribution in [0.15, 0.2) is 24.3 Å². The zero-order valence-electron chi connectivity index (χ0n) is 23.9. The van der Waals surface area contributed by atoms with Crippen molar-refractivity contribution in [3.63, 3.8) is 0 Å². The van der Waals surface area contributed by atoms with Gasteiger partial charge in [-0.1, -0.05) is 44.6 Å². The molecule has 0 aromatic carbocycles. The third kappa shape index (κ3) is 5.13. The molecule has 4 aliphatic rings. The number of aliphatic hydroxyl groups excluding tert-OH is 1. The lowest BCUT2D eigenvalue weighted by atomic mass is 9.74. The van der Waals surface area contributed by atoms with Crippen LogP contribution in [0.2, 0.25) is 0 Å². The van der Waals surface area contributed by atoms with Gasteiger partial charge in [0, 0.05) is 18.5 Å². The molecule has 0 radical (unpaired) electrons. The molecule has 0 aliphatic carbocycles. The van der Waals surface area contributed by atoms with Crippen LogP contribution in [-0.2, 0) is 28.7 Å². The third-order valence-corrected chi connectivity index (χ3v) is 8.64. The van der Waals surface area contributed by atoms with Crippen LogP contribution in [0.25, 0.3) is 0 Å². The number of hydrogen-bond acceptors (Lipinski definition) is 7. The Morgan fingerprint density at radius 2 is 1.90 bits per heavy atom. The first-order valence-corrected chi connectivity index (χ1v) is 14.1. The van der Waals surface area contributed by atoms with E-state index in [9.17, 15) is 24.3 Å². The van der Waals surface area contributed by atoms with Crippen LogP contribution in [0, 0.1) is 17.8 Å². The molecular weight excluding hydrogens is 502 g/mol. The Kier molecular flexibility index (Phi) is 8.28. The Balaban J connectivity index is 1.84. The summed E-state index contributed by atoms with van der Waals surface area (Å²) in [6, 6.07) is -1.68. The van der Waals surface area contributed by atoms with E-state index >= 15 is 0 Å². The van der Waals surface area contributed by atoms with Gasteiger partial charge in [-0.05, 0) is 40.0 Å². The molecule has 3 amide bonds. The number of cyclic esters (lactones) is 1. The van der Waals surface area contributed by atoms with Gasteiger partial charge in [0.1, 0.15) is 23.7 Å². The summed E-state index contributed by atoms with van der Waals surface area (Å²) in [5.41, 5.74) is -1.95. The van der Waals surface area contributed by atoms with Gasteiger partial charge in [0.2, 0.25) is 17.7 Å². The molecule has 4 aliphatic heterocycles. The second-order valence-corrected chi connectivity index (χ2v) is 12.3. The Bertz CT molecular complexity index is 1050. The van der Waals surface area contributed by atoms with Crippen molar-refractivity contribution >= 4 is 23.7 Å². The molecule has 0 aromatic heterocycles. The number of esters is 1.